The zero-order valence-corrected chi connectivity index (χ0v) is 16.6. The number of carbonyl (C=O) groups is 3. The molecule has 0 radical (unpaired) electrons. The Balaban J connectivity index is 1.69. The molecule has 1 heterocycles. The van der Waals surface area contributed by atoms with E-state index in [1.165, 1.54) is 11.8 Å². The van der Waals surface area contributed by atoms with Gasteiger partial charge in [-0.3, -0.25) is 9.59 Å². The molecule has 1 aliphatic heterocycles. The first-order valence-corrected chi connectivity index (χ1v) is 9.71. The monoisotopic (exact) mass is 395 g/mol. The summed E-state index contributed by atoms with van der Waals surface area (Å²) < 4.78 is 5.55. The number of urea groups is 1. The predicted molar refractivity (Wildman–Crippen MR) is 111 cm³/mol. The van der Waals surface area contributed by atoms with E-state index in [2.05, 4.69) is 10.6 Å². The third-order valence-corrected chi connectivity index (χ3v) is 4.78. The molecule has 0 unspecified atom stereocenters. The summed E-state index contributed by atoms with van der Waals surface area (Å²) in [7, 11) is 0. The van der Waals surface area contributed by atoms with Crippen molar-refractivity contribution in [3.05, 3.63) is 54.1 Å². The number of ketones is 1. The van der Waals surface area contributed by atoms with Crippen LogP contribution in [0.3, 0.4) is 0 Å². The molecule has 0 bridgehead atoms. The molecule has 1 atom stereocenters. The maximum absolute atomic E-state index is 12.8. The summed E-state index contributed by atoms with van der Waals surface area (Å²) in [5, 5.41) is 5.67. The standard InChI is InChI=1S/C22H25N3O4/c1-3-29-20-12-5-4-10-18(20)24-21(27)19-11-7-13-25(19)22(28)23-17-9-6-8-16(14-17)15(2)26/h4-6,8-10,12,14,19H,3,7,11,13H2,1-2H3,(H,23,28)(H,24,27)/t19-/m0/s1. The molecule has 152 valence electrons. The van der Waals surface area contributed by atoms with E-state index >= 15 is 0 Å². The topological polar surface area (TPSA) is 87.7 Å². The van der Waals surface area contributed by atoms with Crippen LogP contribution in [0.2, 0.25) is 0 Å². The number of amides is 3. The number of rotatable bonds is 6. The molecule has 2 N–H and O–H groups in total. The molecule has 0 aromatic heterocycles. The summed E-state index contributed by atoms with van der Waals surface area (Å²) in [5.41, 5.74) is 1.63. The molecular formula is C22H25N3O4. The van der Waals surface area contributed by atoms with Crippen molar-refractivity contribution in [2.24, 2.45) is 0 Å². The van der Waals surface area contributed by atoms with Crippen molar-refractivity contribution in [2.45, 2.75) is 32.7 Å². The van der Waals surface area contributed by atoms with E-state index in [1.54, 1.807) is 36.4 Å². The summed E-state index contributed by atoms with van der Waals surface area (Å²) in [5.74, 6) is 0.271. The van der Waals surface area contributed by atoms with Gasteiger partial charge in [0.05, 0.1) is 12.3 Å². The van der Waals surface area contributed by atoms with Gasteiger partial charge in [-0.05, 0) is 51.0 Å². The quantitative estimate of drug-likeness (QED) is 0.726. The van der Waals surface area contributed by atoms with Gasteiger partial charge in [0, 0.05) is 17.8 Å². The molecule has 2 aromatic carbocycles. The van der Waals surface area contributed by atoms with Crippen LogP contribution in [-0.2, 0) is 4.79 Å². The van der Waals surface area contributed by atoms with Crippen LogP contribution in [0, 0.1) is 0 Å². The Morgan fingerprint density at radius 3 is 2.66 bits per heavy atom. The van der Waals surface area contributed by atoms with Gasteiger partial charge in [0.2, 0.25) is 5.91 Å². The highest BCUT2D eigenvalue weighted by molar-refractivity contribution is 6.01. The lowest BCUT2D eigenvalue weighted by Gasteiger charge is -2.24. The maximum atomic E-state index is 12.8. The van der Waals surface area contributed by atoms with Crippen molar-refractivity contribution >= 4 is 29.1 Å². The third-order valence-electron chi connectivity index (χ3n) is 4.78. The molecule has 0 spiro atoms. The molecule has 29 heavy (non-hydrogen) atoms. The van der Waals surface area contributed by atoms with Gasteiger partial charge < -0.3 is 20.3 Å². The second-order valence-corrected chi connectivity index (χ2v) is 6.84. The second kappa shape index (κ2) is 9.23. The number of hydrogen-bond acceptors (Lipinski definition) is 4. The number of Topliss-reactive ketones (excluding diaryl/α,β-unsaturated/α-hetero) is 1. The second-order valence-electron chi connectivity index (χ2n) is 6.84. The van der Waals surface area contributed by atoms with Gasteiger partial charge >= 0.3 is 6.03 Å². The number of carbonyl (C=O) groups excluding carboxylic acids is 3. The lowest BCUT2D eigenvalue weighted by Crippen LogP contribution is -2.45. The molecule has 1 aliphatic rings. The van der Waals surface area contributed by atoms with Gasteiger partial charge in [-0.1, -0.05) is 24.3 Å². The molecular weight excluding hydrogens is 370 g/mol. The van der Waals surface area contributed by atoms with Crippen LogP contribution in [0.1, 0.15) is 37.0 Å². The number of ether oxygens (including phenoxy) is 1. The van der Waals surface area contributed by atoms with Gasteiger partial charge in [-0.2, -0.15) is 0 Å². The van der Waals surface area contributed by atoms with E-state index in [1.807, 2.05) is 19.1 Å². The van der Waals surface area contributed by atoms with E-state index in [9.17, 15) is 14.4 Å². The summed E-state index contributed by atoms with van der Waals surface area (Å²) in [4.78, 5) is 38.7. The van der Waals surface area contributed by atoms with E-state index in [-0.39, 0.29) is 17.7 Å². The van der Waals surface area contributed by atoms with Crippen LogP contribution in [0.15, 0.2) is 48.5 Å². The number of nitrogens with one attached hydrogen (secondary N) is 2. The van der Waals surface area contributed by atoms with Gasteiger partial charge in [0.25, 0.3) is 0 Å². The lowest BCUT2D eigenvalue weighted by atomic mass is 10.1. The number of benzene rings is 2. The highest BCUT2D eigenvalue weighted by atomic mass is 16.5. The lowest BCUT2D eigenvalue weighted by molar-refractivity contribution is -0.119. The van der Waals surface area contributed by atoms with Crippen molar-refractivity contribution in [1.29, 1.82) is 0 Å². The number of para-hydroxylation sites is 2. The van der Waals surface area contributed by atoms with Crippen LogP contribution in [0.5, 0.6) is 5.75 Å². The fraction of sp³-hybridized carbons (Fsp3) is 0.318. The smallest absolute Gasteiger partial charge is 0.322 e. The molecule has 1 saturated heterocycles. The first-order valence-electron chi connectivity index (χ1n) is 9.71. The first kappa shape index (κ1) is 20.4. The van der Waals surface area contributed by atoms with Crippen molar-refractivity contribution < 1.29 is 19.1 Å². The average molecular weight is 395 g/mol. The van der Waals surface area contributed by atoms with Gasteiger partial charge in [0.1, 0.15) is 11.8 Å². The summed E-state index contributed by atoms with van der Waals surface area (Å²) in [6, 6.07) is 13.0. The zero-order valence-electron chi connectivity index (χ0n) is 16.6. The molecule has 3 rings (SSSR count). The van der Waals surface area contributed by atoms with Crippen LogP contribution < -0.4 is 15.4 Å². The van der Waals surface area contributed by atoms with E-state index in [4.69, 9.17) is 4.74 Å². The SMILES string of the molecule is CCOc1ccccc1NC(=O)[C@@H]1CCCN1C(=O)Nc1cccc(C(C)=O)c1. The third kappa shape index (κ3) is 4.93. The summed E-state index contributed by atoms with van der Waals surface area (Å²) in [6.45, 7) is 4.33. The van der Waals surface area contributed by atoms with Crippen LogP contribution in [-0.4, -0.2) is 41.8 Å². The number of anilines is 2. The number of likely N-dealkylation sites (tertiary alicyclic amines) is 1. The molecule has 0 saturated carbocycles. The fourth-order valence-electron chi connectivity index (χ4n) is 3.36. The van der Waals surface area contributed by atoms with Crippen LogP contribution in [0.25, 0.3) is 0 Å². The minimum absolute atomic E-state index is 0.0764. The molecule has 7 nitrogen and oxygen atoms in total. The normalized spacial score (nSPS) is 15.7. The van der Waals surface area contributed by atoms with E-state index in [0.717, 1.165) is 6.42 Å². The van der Waals surface area contributed by atoms with Gasteiger partial charge in [-0.25, -0.2) is 4.79 Å². The predicted octanol–water partition coefficient (Wildman–Crippen LogP) is 3.92. The highest BCUT2D eigenvalue weighted by Gasteiger charge is 2.34. The Bertz CT molecular complexity index is 912. The Morgan fingerprint density at radius 2 is 1.90 bits per heavy atom. The Kier molecular flexibility index (Phi) is 6.49. The molecule has 0 aliphatic carbocycles. The maximum Gasteiger partial charge on any atom is 0.322 e. The van der Waals surface area contributed by atoms with Crippen molar-refractivity contribution in [3.63, 3.8) is 0 Å². The Labute approximate surface area is 170 Å². The van der Waals surface area contributed by atoms with E-state index in [0.29, 0.717) is 42.3 Å². The summed E-state index contributed by atoms with van der Waals surface area (Å²) in [6.07, 6.45) is 1.33. The number of hydrogen-bond donors (Lipinski definition) is 2. The Hall–Kier alpha value is -3.35. The minimum atomic E-state index is -0.569. The molecule has 2 aromatic rings. The highest BCUT2D eigenvalue weighted by Crippen LogP contribution is 2.26. The fourth-order valence-corrected chi connectivity index (χ4v) is 3.36. The largest absolute Gasteiger partial charge is 0.492 e. The van der Waals surface area contributed by atoms with Crippen molar-refractivity contribution in [1.82, 2.24) is 4.90 Å². The molecule has 7 heteroatoms. The van der Waals surface area contributed by atoms with Crippen molar-refractivity contribution in [3.8, 4) is 5.75 Å². The first-order chi connectivity index (χ1) is 14.0. The van der Waals surface area contributed by atoms with Crippen LogP contribution in [0.4, 0.5) is 16.2 Å². The zero-order chi connectivity index (χ0) is 20.8. The molecule has 3 amide bonds. The molecule has 1 fully saturated rings. The average Bonchev–Trinajstić information content (AvgIpc) is 3.20. The summed E-state index contributed by atoms with van der Waals surface area (Å²) >= 11 is 0. The van der Waals surface area contributed by atoms with Crippen molar-refractivity contribution in [2.75, 3.05) is 23.8 Å². The minimum Gasteiger partial charge on any atom is -0.492 e. The van der Waals surface area contributed by atoms with E-state index < -0.39 is 6.04 Å². The van der Waals surface area contributed by atoms with Gasteiger partial charge in [0.15, 0.2) is 5.78 Å². The number of nitrogens with zero attached hydrogens (tertiary/aromatic N) is 1. The van der Waals surface area contributed by atoms with Crippen LogP contribution >= 0.6 is 0 Å². The van der Waals surface area contributed by atoms with Gasteiger partial charge in [-0.15, -0.1) is 0 Å². The Morgan fingerprint density at radius 1 is 1.10 bits per heavy atom.